The number of aryl methyl sites for hydroxylation is 1. The van der Waals surface area contributed by atoms with E-state index < -0.39 is 28.9 Å². The number of hydrogen-bond acceptors (Lipinski definition) is 7. The largest absolute Gasteiger partial charge is 0.465 e. The third-order valence-electron chi connectivity index (χ3n) is 7.56. The second kappa shape index (κ2) is 15.7. The zero-order chi connectivity index (χ0) is 33.3. The third kappa shape index (κ3) is 8.55. The molecule has 8 nitrogen and oxygen atoms in total. The molecule has 242 valence electrons. The summed E-state index contributed by atoms with van der Waals surface area (Å²) < 4.78 is 19.5. The van der Waals surface area contributed by atoms with Gasteiger partial charge >= 0.3 is 5.97 Å². The van der Waals surface area contributed by atoms with Gasteiger partial charge in [-0.2, -0.15) is 0 Å². The van der Waals surface area contributed by atoms with Gasteiger partial charge in [-0.15, -0.1) is 23.1 Å². The number of thioether (sulfide) groups is 1. The van der Waals surface area contributed by atoms with Crippen molar-refractivity contribution in [3.63, 3.8) is 0 Å². The normalized spacial score (nSPS) is 13.5. The Hall–Kier alpha value is -4.74. The Bertz CT molecular complexity index is 1820. The van der Waals surface area contributed by atoms with Crippen LogP contribution in [0.25, 0.3) is 6.08 Å². The van der Waals surface area contributed by atoms with Crippen molar-refractivity contribution in [3.8, 4) is 0 Å². The van der Waals surface area contributed by atoms with Crippen molar-refractivity contribution in [2.24, 2.45) is 0 Å². The summed E-state index contributed by atoms with van der Waals surface area (Å²) in [5, 5.41) is 8.29. The summed E-state index contributed by atoms with van der Waals surface area (Å²) in [4.78, 5) is 54.2. The molecule has 1 aliphatic carbocycles. The Labute approximate surface area is 280 Å². The molecule has 0 bridgehead atoms. The Balaban J connectivity index is 1.30. The van der Waals surface area contributed by atoms with Crippen LogP contribution in [0.1, 0.15) is 62.9 Å². The number of hydrogen-bond donors (Lipinski definition) is 3. The average Bonchev–Trinajstić information content (AvgIpc) is 3.24. The zero-order valence-corrected chi connectivity index (χ0v) is 27.6. The molecule has 0 saturated heterocycles. The second-order valence-electron chi connectivity index (χ2n) is 10.9. The van der Waals surface area contributed by atoms with E-state index in [1.807, 2.05) is 6.07 Å². The highest BCUT2D eigenvalue weighted by molar-refractivity contribution is 8.00. The van der Waals surface area contributed by atoms with Crippen molar-refractivity contribution in [1.82, 2.24) is 5.32 Å². The van der Waals surface area contributed by atoms with Crippen LogP contribution in [0.4, 0.5) is 15.1 Å². The first-order valence-corrected chi connectivity index (χ1v) is 16.9. The van der Waals surface area contributed by atoms with Crippen LogP contribution in [-0.4, -0.2) is 36.1 Å². The number of anilines is 2. The lowest BCUT2D eigenvalue weighted by atomic mass is 10.1. The van der Waals surface area contributed by atoms with Crippen molar-refractivity contribution in [1.29, 1.82) is 0 Å². The molecule has 1 heterocycles. The van der Waals surface area contributed by atoms with Gasteiger partial charge in [-0.3, -0.25) is 14.4 Å². The number of nitrogens with one attached hydrogen (secondary N) is 3. The van der Waals surface area contributed by atoms with Gasteiger partial charge in [-0.25, -0.2) is 9.18 Å². The SMILES string of the molecule is COC(=O)c1c(NC(=O)C(C)Sc2cccc(NC(=O)/C(=C/c3ccccc3F)NC(=O)c3ccccc3)c2)sc2c1CCCCC2. The number of rotatable bonds is 10. The number of methoxy groups -OCH3 is 1. The number of benzene rings is 3. The van der Waals surface area contributed by atoms with Gasteiger partial charge in [0.05, 0.1) is 17.9 Å². The van der Waals surface area contributed by atoms with Gasteiger partial charge in [0.2, 0.25) is 5.91 Å². The van der Waals surface area contributed by atoms with Gasteiger partial charge in [0, 0.05) is 26.6 Å². The minimum absolute atomic E-state index is 0.132. The van der Waals surface area contributed by atoms with Crippen molar-refractivity contribution in [2.75, 3.05) is 17.7 Å². The number of thiophene rings is 1. The maximum absolute atomic E-state index is 14.5. The minimum atomic E-state index is -0.654. The molecule has 4 aromatic rings. The van der Waals surface area contributed by atoms with Crippen LogP contribution in [0.2, 0.25) is 0 Å². The van der Waals surface area contributed by atoms with Crippen LogP contribution < -0.4 is 16.0 Å². The second-order valence-corrected chi connectivity index (χ2v) is 13.4. The van der Waals surface area contributed by atoms with E-state index in [0.29, 0.717) is 26.7 Å². The highest BCUT2D eigenvalue weighted by Gasteiger charge is 2.27. The van der Waals surface area contributed by atoms with E-state index in [1.54, 1.807) is 61.5 Å². The van der Waals surface area contributed by atoms with E-state index in [4.69, 9.17) is 4.74 Å². The van der Waals surface area contributed by atoms with Crippen LogP contribution in [0.3, 0.4) is 0 Å². The number of carbonyl (C=O) groups excluding carboxylic acids is 4. The first-order valence-electron chi connectivity index (χ1n) is 15.2. The maximum Gasteiger partial charge on any atom is 0.341 e. The lowest BCUT2D eigenvalue weighted by Gasteiger charge is -2.14. The zero-order valence-electron chi connectivity index (χ0n) is 25.9. The molecule has 0 spiro atoms. The van der Waals surface area contributed by atoms with E-state index in [1.165, 1.54) is 54.5 Å². The van der Waals surface area contributed by atoms with Crippen LogP contribution in [0.5, 0.6) is 0 Å². The van der Waals surface area contributed by atoms with E-state index in [0.717, 1.165) is 42.5 Å². The van der Waals surface area contributed by atoms with E-state index in [9.17, 15) is 23.6 Å². The van der Waals surface area contributed by atoms with E-state index >= 15 is 0 Å². The topological polar surface area (TPSA) is 114 Å². The van der Waals surface area contributed by atoms with Crippen LogP contribution in [0, 0.1) is 5.82 Å². The summed E-state index contributed by atoms with van der Waals surface area (Å²) in [6.45, 7) is 1.76. The lowest BCUT2D eigenvalue weighted by Crippen LogP contribution is -2.30. The van der Waals surface area contributed by atoms with E-state index in [-0.39, 0.29) is 17.2 Å². The average molecular weight is 672 g/mol. The van der Waals surface area contributed by atoms with Gasteiger partial charge in [-0.1, -0.05) is 48.9 Å². The first kappa shape index (κ1) is 33.6. The number of amides is 3. The fourth-order valence-corrected chi connectivity index (χ4v) is 7.36. The summed E-state index contributed by atoms with van der Waals surface area (Å²) >= 11 is 2.72. The molecule has 0 radical (unpaired) electrons. The molecule has 5 rings (SSSR count). The number of fused-ring (bicyclic) bond motifs is 1. The van der Waals surface area contributed by atoms with Crippen molar-refractivity contribution in [2.45, 2.75) is 49.2 Å². The van der Waals surface area contributed by atoms with Gasteiger partial charge in [0.1, 0.15) is 16.5 Å². The van der Waals surface area contributed by atoms with Crippen LogP contribution >= 0.6 is 23.1 Å². The van der Waals surface area contributed by atoms with Gasteiger partial charge in [0.25, 0.3) is 11.8 Å². The molecule has 0 fully saturated rings. The Kier molecular flexibility index (Phi) is 11.2. The molecule has 3 aromatic carbocycles. The summed E-state index contributed by atoms with van der Waals surface area (Å²) in [5.74, 6) is -2.45. The molecule has 3 amide bonds. The summed E-state index contributed by atoms with van der Waals surface area (Å²) in [7, 11) is 1.34. The number of halogens is 1. The molecular formula is C36H34FN3O5S2. The number of ether oxygens (including phenoxy) is 1. The quantitative estimate of drug-likeness (QED) is 0.0698. The molecular weight excluding hydrogens is 638 g/mol. The monoisotopic (exact) mass is 671 g/mol. The van der Waals surface area contributed by atoms with Crippen LogP contribution in [0.15, 0.2) is 89.5 Å². The predicted molar refractivity (Wildman–Crippen MR) is 184 cm³/mol. The van der Waals surface area contributed by atoms with Crippen molar-refractivity contribution < 1.29 is 28.3 Å². The maximum atomic E-state index is 14.5. The van der Waals surface area contributed by atoms with Gasteiger partial charge in [-0.05, 0) is 80.6 Å². The smallest absolute Gasteiger partial charge is 0.341 e. The summed E-state index contributed by atoms with van der Waals surface area (Å²) in [6.07, 6.45) is 6.06. The Morgan fingerprint density at radius 3 is 2.43 bits per heavy atom. The fourth-order valence-electron chi connectivity index (χ4n) is 5.16. The predicted octanol–water partition coefficient (Wildman–Crippen LogP) is 7.47. The van der Waals surface area contributed by atoms with Crippen molar-refractivity contribution in [3.05, 3.63) is 118 Å². The Morgan fingerprint density at radius 2 is 1.66 bits per heavy atom. The molecule has 0 saturated carbocycles. The molecule has 11 heteroatoms. The lowest BCUT2D eigenvalue weighted by molar-refractivity contribution is -0.115. The minimum Gasteiger partial charge on any atom is -0.465 e. The van der Waals surface area contributed by atoms with Crippen molar-refractivity contribution >= 4 is 63.6 Å². The molecule has 0 aliphatic heterocycles. The van der Waals surface area contributed by atoms with E-state index in [2.05, 4.69) is 16.0 Å². The first-order chi connectivity index (χ1) is 22.7. The summed E-state index contributed by atoms with van der Waals surface area (Å²) in [5.41, 5.74) is 2.15. The van der Waals surface area contributed by atoms with Gasteiger partial charge < -0.3 is 20.7 Å². The molecule has 1 aromatic heterocycles. The van der Waals surface area contributed by atoms with Crippen LogP contribution in [-0.2, 0) is 27.2 Å². The fraction of sp³-hybridized carbons (Fsp3) is 0.222. The standard InChI is InChI=1S/C36H34FN3O5S2/c1-22(32(41)40-35-31(36(44)45-2)27-17-7-4-8-19-30(27)47-35)46-26-16-11-15-25(21-26)38-34(43)29(20-24-14-9-10-18-28(24)37)39-33(42)23-12-5-3-6-13-23/h3,5-6,9-16,18,20-22H,4,7-8,17,19H2,1-2H3,(H,38,43)(H,39,42)(H,40,41)/b29-20-. The molecule has 47 heavy (non-hydrogen) atoms. The van der Waals surface area contributed by atoms with Gasteiger partial charge in [0.15, 0.2) is 0 Å². The molecule has 1 atom stereocenters. The Morgan fingerprint density at radius 1 is 0.915 bits per heavy atom. The highest BCUT2D eigenvalue weighted by atomic mass is 32.2. The molecule has 1 unspecified atom stereocenters. The molecule has 1 aliphatic rings. The highest BCUT2D eigenvalue weighted by Crippen LogP contribution is 2.38. The third-order valence-corrected chi connectivity index (χ3v) is 9.86. The number of carbonyl (C=O) groups is 4. The number of esters is 1. The molecule has 3 N–H and O–H groups in total. The summed E-state index contributed by atoms with van der Waals surface area (Å²) in [6, 6.07) is 21.2.